The van der Waals surface area contributed by atoms with E-state index in [0.29, 0.717) is 33.0 Å². The van der Waals surface area contributed by atoms with Crippen LogP contribution in [0, 0.1) is 6.92 Å². The minimum Gasteiger partial charge on any atom is -0.399 e. The zero-order valence-corrected chi connectivity index (χ0v) is 13.4. The lowest BCUT2D eigenvalue weighted by Crippen LogP contribution is -2.16. The number of nitrogens with one attached hydrogen (secondary N) is 1. The minimum absolute atomic E-state index is 0.218. The Labute approximate surface area is 137 Å². The number of halogens is 3. The fraction of sp³-hybridized carbons (Fsp3) is 0.231. The molecule has 21 heavy (non-hydrogen) atoms. The van der Waals surface area contributed by atoms with E-state index in [4.69, 9.17) is 40.5 Å². The number of amides is 1. The van der Waals surface area contributed by atoms with Crippen LogP contribution in [0.1, 0.15) is 12.1 Å². The highest BCUT2D eigenvalue weighted by Gasteiger charge is 2.12. The van der Waals surface area contributed by atoms with E-state index in [1.807, 2.05) is 6.92 Å². The third-order valence-electron chi connectivity index (χ3n) is 2.92. The molecule has 0 fully saturated rings. The van der Waals surface area contributed by atoms with Gasteiger partial charge in [0.1, 0.15) is 0 Å². The molecule has 8 heteroatoms. The van der Waals surface area contributed by atoms with Crippen molar-refractivity contribution in [2.45, 2.75) is 19.9 Å². The number of benzene rings is 1. The molecular weight excluding hydrogens is 335 g/mol. The van der Waals surface area contributed by atoms with Crippen molar-refractivity contribution in [2.24, 2.45) is 0 Å². The quantitative estimate of drug-likeness (QED) is 0.827. The van der Waals surface area contributed by atoms with Gasteiger partial charge < -0.3 is 11.1 Å². The summed E-state index contributed by atoms with van der Waals surface area (Å²) in [5.74, 6) is -0.227. The Balaban J connectivity index is 2.01. The highest BCUT2D eigenvalue weighted by Crippen LogP contribution is 2.32. The molecule has 2 rings (SSSR count). The molecule has 0 bridgehead atoms. The smallest absolute Gasteiger partial charge is 0.226 e. The zero-order valence-electron chi connectivity index (χ0n) is 11.2. The topological polar surface area (TPSA) is 72.9 Å². The summed E-state index contributed by atoms with van der Waals surface area (Å²) >= 11 is 17.9. The molecule has 5 nitrogen and oxygen atoms in total. The summed E-state index contributed by atoms with van der Waals surface area (Å²) in [6.07, 6.45) is 1.76. The lowest BCUT2D eigenvalue weighted by atomic mass is 10.2. The Morgan fingerprint density at radius 1 is 1.29 bits per heavy atom. The fourth-order valence-corrected chi connectivity index (χ4v) is 2.51. The Morgan fingerprint density at radius 2 is 1.90 bits per heavy atom. The van der Waals surface area contributed by atoms with E-state index in [1.54, 1.807) is 10.9 Å². The van der Waals surface area contributed by atoms with Crippen LogP contribution in [0.15, 0.2) is 18.3 Å². The van der Waals surface area contributed by atoms with E-state index in [9.17, 15) is 4.79 Å². The second-order valence-electron chi connectivity index (χ2n) is 4.46. The lowest BCUT2D eigenvalue weighted by molar-refractivity contribution is -0.116. The van der Waals surface area contributed by atoms with Crippen molar-refractivity contribution < 1.29 is 4.79 Å². The van der Waals surface area contributed by atoms with E-state index in [-0.39, 0.29) is 12.3 Å². The maximum atomic E-state index is 12.0. The van der Waals surface area contributed by atoms with Gasteiger partial charge in [0, 0.05) is 12.1 Å². The van der Waals surface area contributed by atoms with Gasteiger partial charge in [-0.2, -0.15) is 5.10 Å². The van der Waals surface area contributed by atoms with E-state index in [1.165, 1.54) is 12.1 Å². The zero-order chi connectivity index (χ0) is 15.6. The predicted octanol–water partition coefficient (Wildman–Crippen LogP) is 3.76. The number of hydrogen-bond acceptors (Lipinski definition) is 3. The number of anilines is 2. The lowest BCUT2D eigenvalue weighted by Gasteiger charge is -2.10. The molecule has 112 valence electrons. The molecule has 1 heterocycles. The van der Waals surface area contributed by atoms with Crippen LogP contribution in [-0.2, 0) is 11.3 Å². The first-order valence-corrected chi connectivity index (χ1v) is 7.24. The average molecular weight is 348 g/mol. The fourth-order valence-electron chi connectivity index (χ4n) is 1.77. The van der Waals surface area contributed by atoms with Gasteiger partial charge in [0.05, 0.1) is 39.2 Å². The molecule has 0 aliphatic rings. The van der Waals surface area contributed by atoms with Crippen LogP contribution in [0.3, 0.4) is 0 Å². The van der Waals surface area contributed by atoms with Gasteiger partial charge in [-0.25, -0.2) is 0 Å². The van der Waals surface area contributed by atoms with Crippen molar-refractivity contribution >= 4 is 52.1 Å². The number of nitrogen functional groups attached to an aromatic ring is 1. The predicted molar refractivity (Wildman–Crippen MR) is 86.1 cm³/mol. The van der Waals surface area contributed by atoms with E-state index < -0.39 is 0 Å². The molecule has 3 N–H and O–H groups in total. The molecule has 0 unspecified atom stereocenters. The van der Waals surface area contributed by atoms with E-state index in [0.717, 1.165) is 5.69 Å². The van der Waals surface area contributed by atoms with E-state index in [2.05, 4.69) is 10.4 Å². The standard InChI is InChI=1S/C13H13Cl3N4O/c1-7-11(16)6-18-20(7)3-2-12(21)19-13-9(14)4-8(17)5-10(13)15/h4-6H,2-3,17H2,1H3,(H,19,21). The molecule has 0 spiro atoms. The summed E-state index contributed by atoms with van der Waals surface area (Å²) in [5.41, 5.74) is 7.21. The molecule has 1 aromatic heterocycles. The Bertz CT molecular complexity index is 661. The summed E-state index contributed by atoms with van der Waals surface area (Å²) in [6.45, 7) is 2.25. The van der Waals surface area contributed by atoms with Gasteiger partial charge in [0.2, 0.25) is 5.91 Å². The number of aryl methyl sites for hydroxylation is 1. The maximum absolute atomic E-state index is 12.0. The van der Waals surface area contributed by atoms with Crippen molar-refractivity contribution in [1.29, 1.82) is 0 Å². The van der Waals surface area contributed by atoms with Crippen LogP contribution in [0.25, 0.3) is 0 Å². The number of rotatable bonds is 4. The second-order valence-corrected chi connectivity index (χ2v) is 5.68. The van der Waals surface area contributed by atoms with E-state index >= 15 is 0 Å². The Morgan fingerprint density at radius 3 is 2.43 bits per heavy atom. The number of carbonyl (C=O) groups is 1. The highest BCUT2D eigenvalue weighted by atomic mass is 35.5. The molecule has 1 aromatic carbocycles. The third kappa shape index (κ3) is 3.81. The SMILES string of the molecule is Cc1c(Cl)cnn1CCC(=O)Nc1c(Cl)cc(N)cc1Cl. The summed E-state index contributed by atoms with van der Waals surface area (Å²) < 4.78 is 1.66. The van der Waals surface area contributed by atoms with Crippen molar-refractivity contribution in [1.82, 2.24) is 9.78 Å². The Hall–Kier alpha value is -1.43. The number of hydrogen-bond donors (Lipinski definition) is 2. The van der Waals surface area contributed by atoms with Crippen LogP contribution >= 0.6 is 34.8 Å². The normalized spacial score (nSPS) is 10.7. The number of nitrogens with two attached hydrogens (primary N) is 1. The minimum atomic E-state index is -0.227. The van der Waals surface area contributed by atoms with Crippen molar-refractivity contribution in [3.8, 4) is 0 Å². The van der Waals surface area contributed by atoms with Gasteiger partial charge in [-0.05, 0) is 19.1 Å². The molecule has 2 aromatic rings. The summed E-state index contributed by atoms with van der Waals surface area (Å²) in [5, 5.41) is 7.91. The van der Waals surface area contributed by atoms with Gasteiger partial charge in [-0.15, -0.1) is 0 Å². The molecule has 0 aliphatic carbocycles. The van der Waals surface area contributed by atoms with Crippen molar-refractivity contribution in [3.05, 3.63) is 39.1 Å². The Kier molecular flexibility index (Phi) is 4.98. The van der Waals surface area contributed by atoms with Gasteiger partial charge >= 0.3 is 0 Å². The van der Waals surface area contributed by atoms with Crippen LogP contribution in [-0.4, -0.2) is 15.7 Å². The monoisotopic (exact) mass is 346 g/mol. The number of nitrogens with zero attached hydrogens (tertiary/aromatic N) is 2. The molecule has 0 aliphatic heterocycles. The van der Waals surface area contributed by atoms with Gasteiger partial charge in [-0.1, -0.05) is 34.8 Å². The second kappa shape index (κ2) is 6.56. The average Bonchev–Trinajstić information content (AvgIpc) is 2.72. The van der Waals surface area contributed by atoms with Gasteiger partial charge in [-0.3, -0.25) is 9.48 Å². The highest BCUT2D eigenvalue weighted by molar-refractivity contribution is 6.40. The molecule has 1 amide bonds. The molecule has 0 atom stereocenters. The molecule has 0 saturated carbocycles. The summed E-state index contributed by atoms with van der Waals surface area (Å²) in [4.78, 5) is 12.0. The van der Waals surface area contributed by atoms with Crippen molar-refractivity contribution in [3.63, 3.8) is 0 Å². The van der Waals surface area contributed by atoms with Crippen LogP contribution in [0.5, 0.6) is 0 Å². The van der Waals surface area contributed by atoms with Crippen LogP contribution in [0.2, 0.25) is 15.1 Å². The maximum Gasteiger partial charge on any atom is 0.226 e. The molecule has 0 radical (unpaired) electrons. The van der Waals surface area contributed by atoms with Crippen molar-refractivity contribution in [2.75, 3.05) is 11.1 Å². The first-order valence-electron chi connectivity index (χ1n) is 6.10. The molecular formula is C13H13Cl3N4O. The molecule has 0 saturated heterocycles. The largest absolute Gasteiger partial charge is 0.399 e. The number of aromatic nitrogens is 2. The number of carbonyl (C=O) groups excluding carboxylic acids is 1. The summed E-state index contributed by atoms with van der Waals surface area (Å²) in [7, 11) is 0. The van der Waals surface area contributed by atoms with Gasteiger partial charge in [0.25, 0.3) is 0 Å². The third-order valence-corrected chi connectivity index (χ3v) is 3.89. The summed E-state index contributed by atoms with van der Waals surface area (Å²) in [6, 6.07) is 3.06. The first-order chi connectivity index (χ1) is 9.88. The van der Waals surface area contributed by atoms with Gasteiger partial charge in [0.15, 0.2) is 0 Å². The first kappa shape index (κ1) is 15.9. The van der Waals surface area contributed by atoms with Crippen LogP contribution < -0.4 is 11.1 Å². The van der Waals surface area contributed by atoms with Crippen LogP contribution in [0.4, 0.5) is 11.4 Å².